The molecule has 4 aromatic rings. The molecule has 10 nitrogen and oxygen atoms in total. The second-order valence-electron chi connectivity index (χ2n) is 11.2. The molecular formula is C36H39N3O7. The van der Waals surface area contributed by atoms with E-state index in [0.29, 0.717) is 41.5 Å². The van der Waals surface area contributed by atoms with Gasteiger partial charge in [0.1, 0.15) is 18.5 Å². The van der Waals surface area contributed by atoms with E-state index in [2.05, 4.69) is 27.7 Å². The molecule has 2 heterocycles. The van der Waals surface area contributed by atoms with E-state index in [4.69, 9.17) is 23.7 Å². The van der Waals surface area contributed by atoms with Crippen LogP contribution in [0.3, 0.4) is 0 Å². The van der Waals surface area contributed by atoms with Crippen LogP contribution in [-0.4, -0.2) is 77.5 Å². The average Bonchev–Trinajstić information content (AvgIpc) is 3.22. The van der Waals surface area contributed by atoms with Crippen molar-refractivity contribution >= 4 is 28.7 Å². The molecule has 2 aliphatic heterocycles. The number of rotatable bonds is 12. The van der Waals surface area contributed by atoms with E-state index in [1.54, 1.807) is 13.2 Å². The molecule has 1 fully saturated rings. The van der Waals surface area contributed by atoms with Crippen LogP contribution in [0, 0.1) is 0 Å². The Morgan fingerprint density at radius 1 is 0.804 bits per heavy atom. The van der Waals surface area contributed by atoms with Gasteiger partial charge in [0.15, 0.2) is 11.5 Å². The molecule has 0 aromatic heterocycles. The van der Waals surface area contributed by atoms with E-state index in [1.165, 1.54) is 12.8 Å². The van der Waals surface area contributed by atoms with E-state index < -0.39 is 6.10 Å². The highest BCUT2D eigenvalue weighted by Gasteiger charge is 2.21. The Morgan fingerprint density at radius 3 is 2.37 bits per heavy atom. The maximum atomic E-state index is 13.2. The molecule has 0 aliphatic carbocycles. The molecule has 10 heteroatoms. The largest absolute Gasteiger partial charge is 0.493 e. The second-order valence-corrected chi connectivity index (χ2v) is 11.2. The number of nitrogens with zero attached hydrogens (tertiary/aromatic N) is 1. The lowest BCUT2D eigenvalue weighted by Gasteiger charge is -2.28. The van der Waals surface area contributed by atoms with Crippen LogP contribution < -0.4 is 29.7 Å². The standard InChI is InChI=1S/C36H39N3O7/c1-42-22-28(40)23-46-34-12-5-26(21-35(34)43-2)25-4-10-30-32(20-25)37-31-11-3-24(19-33(31)38-36(30)41)13-16-45-29-8-6-27(7-9-29)39-14-17-44-18-15-39/h3-12,19-21,28,37,40H,13-18,22-23H2,1-2H3,(H,38,41). The molecule has 46 heavy (non-hydrogen) atoms. The Kier molecular flexibility index (Phi) is 9.88. The monoisotopic (exact) mass is 625 g/mol. The summed E-state index contributed by atoms with van der Waals surface area (Å²) in [7, 11) is 3.10. The van der Waals surface area contributed by atoms with Crippen molar-refractivity contribution < 1.29 is 33.6 Å². The summed E-state index contributed by atoms with van der Waals surface area (Å²) in [5.41, 5.74) is 6.80. The number of aliphatic hydroxyl groups excluding tert-OH is 1. The molecule has 0 spiro atoms. The molecule has 1 unspecified atom stereocenters. The molecule has 2 aliphatic rings. The van der Waals surface area contributed by atoms with Gasteiger partial charge in [-0.3, -0.25) is 4.79 Å². The van der Waals surface area contributed by atoms with Crippen LogP contribution in [0.15, 0.2) is 78.9 Å². The van der Waals surface area contributed by atoms with Crippen LogP contribution in [0.5, 0.6) is 17.2 Å². The van der Waals surface area contributed by atoms with Gasteiger partial charge in [-0.1, -0.05) is 18.2 Å². The lowest BCUT2D eigenvalue weighted by Crippen LogP contribution is -2.36. The summed E-state index contributed by atoms with van der Waals surface area (Å²) in [6.45, 7) is 4.09. The maximum Gasteiger partial charge on any atom is 0.257 e. The summed E-state index contributed by atoms with van der Waals surface area (Å²) in [6, 6.07) is 25.5. The number of carbonyl (C=O) groups excluding carboxylic acids is 1. The molecule has 6 rings (SSSR count). The molecule has 3 N–H and O–H groups in total. The van der Waals surface area contributed by atoms with Crippen LogP contribution in [0.1, 0.15) is 15.9 Å². The Morgan fingerprint density at radius 2 is 1.59 bits per heavy atom. The Balaban J connectivity index is 1.11. The number of nitrogens with one attached hydrogen (secondary N) is 2. The molecule has 240 valence electrons. The first-order valence-corrected chi connectivity index (χ1v) is 15.4. The number of anilines is 4. The molecule has 4 aromatic carbocycles. The summed E-state index contributed by atoms with van der Waals surface area (Å²) >= 11 is 0. The highest BCUT2D eigenvalue weighted by Crippen LogP contribution is 2.37. The minimum absolute atomic E-state index is 0.0824. The minimum atomic E-state index is -0.743. The van der Waals surface area contributed by atoms with Gasteiger partial charge >= 0.3 is 0 Å². The van der Waals surface area contributed by atoms with Crippen LogP contribution in [0.25, 0.3) is 11.1 Å². The summed E-state index contributed by atoms with van der Waals surface area (Å²) in [5, 5.41) is 16.4. The van der Waals surface area contributed by atoms with Crippen molar-refractivity contribution in [2.45, 2.75) is 12.5 Å². The number of hydrogen-bond acceptors (Lipinski definition) is 9. The predicted octanol–water partition coefficient (Wildman–Crippen LogP) is 5.52. The normalized spacial score (nSPS) is 14.7. The first-order valence-electron chi connectivity index (χ1n) is 15.4. The lowest BCUT2D eigenvalue weighted by atomic mass is 10.0. The first-order chi connectivity index (χ1) is 22.5. The number of amides is 1. The third-order valence-corrected chi connectivity index (χ3v) is 8.03. The Labute approximate surface area is 268 Å². The number of ether oxygens (including phenoxy) is 5. The van der Waals surface area contributed by atoms with Gasteiger partial charge < -0.3 is 44.3 Å². The van der Waals surface area contributed by atoms with Crippen molar-refractivity contribution in [3.05, 3.63) is 90.0 Å². The van der Waals surface area contributed by atoms with Gasteiger partial charge in [-0.2, -0.15) is 0 Å². The van der Waals surface area contributed by atoms with E-state index >= 15 is 0 Å². The van der Waals surface area contributed by atoms with Gasteiger partial charge in [-0.15, -0.1) is 0 Å². The number of fused-ring (bicyclic) bond motifs is 2. The van der Waals surface area contributed by atoms with Crippen molar-refractivity contribution in [3.63, 3.8) is 0 Å². The van der Waals surface area contributed by atoms with Crippen molar-refractivity contribution in [2.24, 2.45) is 0 Å². The third-order valence-electron chi connectivity index (χ3n) is 8.03. The fraction of sp³-hybridized carbons (Fsp3) is 0.306. The third kappa shape index (κ3) is 7.37. The topological polar surface area (TPSA) is 111 Å². The Hall–Kier alpha value is -4.77. The number of hydrogen-bond donors (Lipinski definition) is 3. The fourth-order valence-corrected chi connectivity index (χ4v) is 5.57. The lowest BCUT2D eigenvalue weighted by molar-refractivity contribution is 0.0319. The summed E-state index contributed by atoms with van der Waals surface area (Å²) in [5.74, 6) is 1.70. The van der Waals surface area contributed by atoms with E-state index in [0.717, 1.165) is 54.4 Å². The van der Waals surface area contributed by atoms with Gasteiger partial charge in [0.05, 0.1) is 56.2 Å². The minimum Gasteiger partial charge on any atom is -0.493 e. The summed E-state index contributed by atoms with van der Waals surface area (Å²) in [4.78, 5) is 15.5. The van der Waals surface area contributed by atoms with Gasteiger partial charge in [0.2, 0.25) is 0 Å². The van der Waals surface area contributed by atoms with Crippen LogP contribution >= 0.6 is 0 Å². The van der Waals surface area contributed by atoms with Crippen molar-refractivity contribution in [1.82, 2.24) is 0 Å². The van der Waals surface area contributed by atoms with Crippen LogP contribution in [-0.2, 0) is 15.9 Å². The zero-order valence-electron chi connectivity index (χ0n) is 26.1. The smallest absolute Gasteiger partial charge is 0.257 e. The highest BCUT2D eigenvalue weighted by atomic mass is 16.5. The molecule has 0 saturated carbocycles. The molecule has 1 atom stereocenters. The molecule has 0 radical (unpaired) electrons. The second kappa shape index (κ2) is 14.6. The molecule has 0 bridgehead atoms. The highest BCUT2D eigenvalue weighted by molar-refractivity contribution is 6.12. The maximum absolute atomic E-state index is 13.2. The number of methoxy groups -OCH3 is 2. The zero-order valence-corrected chi connectivity index (χ0v) is 26.1. The summed E-state index contributed by atoms with van der Waals surface area (Å²) in [6.07, 6.45) is -0.0503. The molecule has 1 saturated heterocycles. The predicted molar refractivity (Wildman–Crippen MR) is 178 cm³/mol. The van der Waals surface area contributed by atoms with Crippen molar-refractivity contribution in [2.75, 3.05) is 75.9 Å². The molecule has 1 amide bonds. The number of morpholine rings is 1. The van der Waals surface area contributed by atoms with Crippen LogP contribution in [0.2, 0.25) is 0 Å². The first kappa shape index (κ1) is 31.2. The number of aliphatic hydroxyl groups is 1. The van der Waals surface area contributed by atoms with Crippen LogP contribution in [0.4, 0.5) is 22.7 Å². The SMILES string of the molecule is COCC(O)COc1ccc(-c2ccc3c(c2)Nc2ccc(CCOc4ccc(N5CCOCC5)cc4)cc2NC3=O)cc1OC. The van der Waals surface area contributed by atoms with E-state index in [1.807, 2.05) is 60.7 Å². The average molecular weight is 626 g/mol. The molecular weight excluding hydrogens is 586 g/mol. The number of benzene rings is 4. The zero-order chi connectivity index (χ0) is 31.9. The fourth-order valence-electron chi connectivity index (χ4n) is 5.57. The van der Waals surface area contributed by atoms with Gasteiger partial charge in [-0.25, -0.2) is 0 Å². The van der Waals surface area contributed by atoms with E-state index in [-0.39, 0.29) is 19.1 Å². The van der Waals surface area contributed by atoms with E-state index in [9.17, 15) is 9.90 Å². The van der Waals surface area contributed by atoms with Gasteiger partial charge in [0, 0.05) is 32.3 Å². The quantitative estimate of drug-likeness (QED) is 0.188. The number of carbonyl (C=O) groups is 1. The van der Waals surface area contributed by atoms with Crippen molar-refractivity contribution in [1.29, 1.82) is 0 Å². The Bertz CT molecular complexity index is 1650. The van der Waals surface area contributed by atoms with Gasteiger partial charge in [-0.05, 0) is 77.4 Å². The summed E-state index contributed by atoms with van der Waals surface area (Å²) < 4.78 is 27.7. The van der Waals surface area contributed by atoms with Gasteiger partial charge in [0.25, 0.3) is 5.91 Å². The van der Waals surface area contributed by atoms with Crippen molar-refractivity contribution in [3.8, 4) is 28.4 Å².